The molecule has 4 aromatic rings. The monoisotopic (exact) mass is 438 g/mol. The summed E-state index contributed by atoms with van der Waals surface area (Å²) in [5.74, 6) is 1.44. The van der Waals surface area contributed by atoms with Crippen LogP contribution in [0.3, 0.4) is 0 Å². The van der Waals surface area contributed by atoms with Crippen molar-refractivity contribution in [1.82, 2.24) is 29.8 Å². The minimum Gasteiger partial charge on any atom is -0.287 e. The maximum absolute atomic E-state index is 13.3. The highest BCUT2D eigenvalue weighted by atomic mass is 32.2. The summed E-state index contributed by atoms with van der Waals surface area (Å²) in [6, 6.07) is 12.7. The number of hydrogen-bond donors (Lipinski definition) is 0. The molecule has 0 atom stereocenters. The van der Waals surface area contributed by atoms with Gasteiger partial charge in [-0.3, -0.25) is 9.36 Å². The Morgan fingerprint density at radius 2 is 2.07 bits per heavy atom. The molecular formula is C21H22N6OS2. The van der Waals surface area contributed by atoms with Gasteiger partial charge >= 0.3 is 0 Å². The predicted octanol–water partition coefficient (Wildman–Crippen LogP) is 3.88. The van der Waals surface area contributed by atoms with E-state index in [9.17, 15) is 4.79 Å². The number of nitrogens with zero attached hydrogens (tertiary/aromatic N) is 6. The molecule has 0 N–H and O–H groups in total. The van der Waals surface area contributed by atoms with Crippen molar-refractivity contribution in [3.63, 3.8) is 0 Å². The summed E-state index contributed by atoms with van der Waals surface area (Å²) in [5, 5.41) is 13.6. The van der Waals surface area contributed by atoms with Crippen LogP contribution in [0.4, 0.5) is 0 Å². The molecule has 1 saturated carbocycles. The number of fused-ring (bicyclic) bond motifs is 1. The molecule has 30 heavy (non-hydrogen) atoms. The first kappa shape index (κ1) is 19.4. The number of rotatable bonds is 8. The highest BCUT2D eigenvalue weighted by molar-refractivity contribution is 7.98. The Hall–Kier alpha value is -2.52. The molecule has 154 valence electrons. The van der Waals surface area contributed by atoms with Gasteiger partial charge in [-0.05, 0) is 47.7 Å². The molecule has 5 rings (SSSR count). The van der Waals surface area contributed by atoms with Gasteiger partial charge in [0.25, 0.3) is 5.56 Å². The first-order valence-electron chi connectivity index (χ1n) is 10.2. The molecule has 1 fully saturated rings. The second kappa shape index (κ2) is 8.31. The van der Waals surface area contributed by atoms with E-state index >= 15 is 0 Å². The number of tetrazole rings is 1. The first-order valence-corrected chi connectivity index (χ1v) is 12.0. The van der Waals surface area contributed by atoms with E-state index in [-0.39, 0.29) is 5.56 Å². The number of aromatic nitrogens is 6. The number of hydrogen-bond acceptors (Lipinski definition) is 7. The van der Waals surface area contributed by atoms with Crippen molar-refractivity contribution in [2.45, 2.75) is 56.1 Å². The largest absolute Gasteiger partial charge is 0.287 e. The van der Waals surface area contributed by atoms with Gasteiger partial charge < -0.3 is 0 Å². The van der Waals surface area contributed by atoms with Gasteiger partial charge in [0.1, 0.15) is 4.83 Å². The third-order valence-corrected chi connectivity index (χ3v) is 7.41. The standard InChI is InChI=1S/C21H22N6OS2/c1-2-16-12-17-19(30-16)22-21(29-13-18-23-24-25-27(18)15-8-9-15)26(20(17)28)11-10-14-6-4-3-5-7-14/h3-7,12,15H,2,8-11,13H2,1H3. The SMILES string of the molecule is CCc1cc2c(=O)n(CCc3ccccc3)c(SCc3nnnn3C3CC3)nc2s1. The number of thiophene rings is 1. The van der Waals surface area contributed by atoms with Gasteiger partial charge in [0.15, 0.2) is 11.0 Å². The van der Waals surface area contributed by atoms with E-state index in [0.717, 1.165) is 46.9 Å². The Morgan fingerprint density at radius 3 is 2.83 bits per heavy atom. The lowest BCUT2D eigenvalue weighted by atomic mass is 10.1. The van der Waals surface area contributed by atoms with Crippen LogP contribution in [0.5, 0.6) is 0 Å². The van der Waals surface area contributed by atoms with Crippen molar-refractivity contribution in [3.05, 3.63) is 63.0 Å². The quantitative estimate of drug-likeness (QED) is 0.307. The molecule has 0 radical (unpaired) electrons. The van der Waals surface area contributed by atoms with Gasteiger partial charge in [-0.15, -0.1) is 16.4 Å². The molecule has 0 unspecified atom stereocenters. The molecule has 7 nitrogen and oxygen atoms in total. The van der Waals surface area contributed by atoms with Gasteiger partial charge in [-0.1, -0.05) is 49.0 Å². The van der Waals surface area contributed by atoms with E-state index < -0.39 is 0 Å². The van der Waals surface area contributed by atoms with Crippen LogP contribution in [0.15, 0.2) is 46.3 Å². The van der Waals surface area contributed by atoms with E-state index in [0.29, 0.717) is 18.3 Å². The van der Waals surface area contributed by atoms with E-state index in [1.54, 1.807) is 23.1 Å². The van der Waals surface area contributed by atoms with Gasteiger partial charge in [-0.2, -0.15) is 0 Å². The van der Waals surface area contributed by atoms with Crippen LogP contribution in [-0.2, 0) is 25.1 Å². The van der Waals surface area contributed by atoms with Crippen LogP contribution in [-0.4, -0.2) is 29.8 Å². The van der Waals surface area contributed by atoms with Crippen LogP contribution in [0, 0.1) is 0 Å². The summed E-state index contributed by atoms with van der Waals surface area (Å²) >= 11 is 3.15. The lowest BCUT2D eigenvalue weighted by Gasteiger charge is -2.12. The van der Waals surface area contributed by atoms with Crippen LogP contribution >= 0.6 is 23.1 Å². The van der Waals surface area contributed by atoms with Crippen molar-refractivity contribution in [2.24, 2.45) is 0 Å². The van der Waals surface area contributed by atoms with Crippen molar-refractivity contribution >= 4 is 33.3 Å². The zero-order valence-corrected chi connectivity index (χ0v) is 18.3. The van der Waals surface area contributed by atoms with Crippen LogP contribution in [0.1, 0.15) is 42.1 Å². The zero-order valence-electron chi connectivity index (χ0n) is 16.7. The highest BCUT2D eigenvalue weighted by Gasteiger charge is 2.28. The average molecular weight is 439 g/mol. The van der Waals surface area contributed by atoms with Crippen LogP contribution in [0.25, 0.3) is 10.2 Å². The predicted molar refractivity (Wildman–Crippen MR) is 119 cm³/mol. The summed E-state index contributed by atoms with van der Waals surface area (Å²) in [7, 11) is 0. The Bertz CT molecular complexity index is 1230. The lowest BCUT2D eigenvalue weighted by Crippen LogP contribution is -2.24. The van der Waals surface area contributed by atoms with E-state index in [1.165, 1.54) is 10.4 Å². The van der Waals surface area contributed by atoms with Gasteiger partial charge in [0.2, 0.25) is 0 Å². The summed E-state index contributed by atoms with van der Waals surface area (Å²) in [4.78, 5) is 20.2. The van der Waals surface area contributed by atoms with E-state index in [4.69, 9.17) is 4.98 Å². The Labute approximate surface area is 182 Å². The summed E-state index contributed by atoms with van der Waals surface area (Å²) < 4.78 is 3.73. The topological polar surface area (TPSA) is 78.5 Å². The summed E-state index contributed by atoms with van der Waals surface area (Å²) in [6.45, 7) is 2.70. The third kappa shape index (κ3) is 3.91. The first-order chi connectivity index (χ1) is 14.7. The average Bonchev–Trinajstić information content (AvgIpc) is 3.35. The summed E-state index contributed by atoms with van der Waals surface area (Å²) in [5.41, 5.74) is 1.24. The number of thioether (sulfide) groups is 1. The van der Waals surface area contributed by atoms with Crippen molar-refractivity contribution in [1.29, 1.82) is 0 Å². The molecule has 0 aliphatic heterocycles. The fraction of sp³-hybridized carbons (Fsp3) is 0.381. The maximum Gasteiger partial charge on any atom is 0.262 e. The minimum atomic E-state index is 0.0381. The van der Waals surface area contributed by atoms with Crippen LogP contribution in [0.2, 0.25) is 0 Å². The molecule has 0 bridgehead atoms. The molecule has 3 heterocycles. The van der Waals surface area contributed by atoms with Gasteiger partial charge in [-0.25, -0.2) is 9.67 Å². The van der Waals surface area contributed by atoms with Crippen molar-refractivity contribution in [3.8, 4) is 0 Å². The number of aryl methyl sites for hydroxylation is 2. The highest BCUT2D eigenvalue weighted by Crippen LogP contribution is 2.35. The van der Waals surface area contributed by atoms with Crippen molar-refractivity contribution < 1.29 is 0 Å². The molecule has 0 spiro atoms. The molecule has 1 aromatic carbocycles. The second-order valence-corrected chi connectivity index (χ2v) is 9.49. The molecule has 9 heteroatoms. The minimum absolute atomic E-state index is 0.0381. The Kier molecular flexibility index (Phi) is 5.39. The third-order valence-electron chi connectivity index (χ3n) is 5.27. The van der Waals surface area contributed by atoms with Crippen LogP contribution < -0.4 is 5.56 Å². The zero-order chi connectivity index (χ0) is 20.5. The van der Waals surface area contributed by atoms with Gasteiger partial charge in [0.05, 0.1) is 17.2 Å². The Balaban J connectivity index is 1.47. The fourth-order valence-electron chi connectivity index (χ4n) is 3.45. The van der Waals surface area contributed by atoms with Crippen molar-refractivity contribution in [2.75, 3.05) is 0 Å². The Morgan fingerprint density at radius 1 is 1.23 bits per heavy atom. The molecule has 1 aliphatic rings. The van der Waals surface area contributed by atoms with Gasteiger partial charge in [0, 0.05) is 11.4 Å². The van der Waals surface area contributed by atoms with E-state index in [2.05, 4.69) is 34.6 Å². The fourth-order valence-corrected chi connectivity index (χ4v) is 5.40. The molecule has 0 amide bonds. The maximum atomic E-state index is 13.3. The second-order valence-electron chi connectivity index (χ2n) is 7.43. The van der Waals surface area contributed by atoms with E-state index in [1.807, 2.05) is 33.5 Å². The molecule has 1 aliphatic carbocycles. The lowest BCUT2D eigenvalue weighted by molar-refractivity contribution is 0.588. The molecular weight excluding hydrogens is 416 g/mol. The number of benzene rings is 1. The normalized spacial score (nSPS) is 13.9. The molecule has 3 aromatic heterocycles. The smallest absolute Gasteiger partial charge is 0.262 e. The molecule has 0 saturated heterocycles. The summed E-state index contributed by atoms with van der Waals surface area (Å²) in [6.07, 6.45) is 3.95.